The number of hydrogen-bond donors (Lipinski definition) is 1. The molecule has 0 atom stereocenters. The molecule has 1 heterocycles. The van der Waals surface area contributed by atoms with Gasteiger partial charge in [0.1, 0.15) is 5.82 Å². The first kappa shape index (κ1) is 16.1. The van der Waals surface area contributed by atoms with Crippen molar-refractivity contribution in [3.63, 3.8) is 0 Å². The fraction of sp³-hybridized carbons (Fsp3) is 0.438. The molecule has 0 aliphatic carbocycles. The van der Waals surface area contributed by atoms with E-state index in [0.29, 0.717) is 24.9 Å². The third-order valence-corrected chi connectivity index (χ3v) is 3.84. The van der Waals surface area contributed by atoms with Gasteiger partial charge in [-0.3, -0.25) is 14.5 Å². The first-order chi connectivity index (χ1) is 10.6. The summed E-state index contributed by atoms with van der Waals surface area (Å²) in [6, 6.07) is 7.36. The van der Waals surface area contributed by atoms with Crippen LogP contribution in [-0.4, -0.2) is 42.8 Å². The molecule has 0 radical (unpaired) electrons. The summed E-state index contributed by atoms with van der Waals surface area (Å²) in [5.41, 5.74) is 0.380. The fourth-order valence-corrected chi connectivity index (χ4v) is 2.50. The lowest BCUT2D eigenvalue weighted by Gasteiger charge is -2.29. The highest BCUT2D eigenvalue weighted by atomic mass is 19.1. The zero-order valence-corrected chi connectivity index (χ0v) is 12.2. The number of rotatable bonds is 5. The van der Waals surface area contributed by atoms with Crippen LogP contribution >= 0.6 is 0 Å². The normalized spacial score (nSPS) is 16.0. The summed E-state index contributed by atoms with van der Waals surface area (Å²) in [6.45, 7) is 1.75. The molecule has 0 spiro atoms. The van der Waals surface area contributed by atoms with E-state index < -0.39 is 5.82 Å². The molecule has 0 unspecified atom stereocenters. The molecule has 5 nitrogen and oxygen atoms in total. The summed E-state index contributed by atoms with van der Waals surface area (Å²) in [7, 11) is 0. The summed E-state index contributed by atoms with van der Waals surface area (Å²) < 4.78 is 12.8. The molecule has 1 fully saturated rings. The second-order valence-electron chi connectivity index (χ2n) is 5.36. The zero-order valence-electron chi connectivity index (χ0n) is 12.2. The van der Waals surface area contributed by atoms with E-state index >= 15 is 0 Å². The van der Waals surface area contributed by atoms with Gasteiger partial charge in [-0.05, 0) is 50.2 Å². The Morgan fingerprint density at radius 1 is 1.27 bits per heavy atom. The van der Waals surface area contributed by atoms with Crippen LogP contribution in [0.3, 0.4) is 0 Å². The second kappa shape index (κ2) is 7.66. The van der Waals surface area contributed by atoms with Crippen LogP contribution in [-0.2, 0) is 4.79 Å². The van der Waals surface area contributed by atoms with Crippen LogP contribution in [0.15, 0.2) is 24.3 Å². The van der Waals surface area contributed by atoms with E-state index in [-0.39, 0.29) is 24.2 Å². The number of ketones is 1. The van der Waals surface area contributed by atoms with Crippen molar-refractivity contribution in [2.75, 3.05) is 26.2 Å². The van der Waals surface area contributed by atoms with Gasteiger partial charge in [0.05, 0.1) is 19.2 Å². The second-order valence-corrected chi connectivity index (χ2v) is 5.36. The number of piperidine rings is 1. The molecule has 0 aromatic heterocycles. The Kier molecular flexibility index (Phi) is 5.61. The Hall–Kier alpha value is -2.26. The number of hydrogen-bond acceptors (Lipinski definition) is 4. The number of nitriles is 1. The van der Waals surface area contributed by atoms with Crippen LogP contribution in [0.1, 0.15) is 23.2 Å². The van der Waals surface area contributed by atoms with Crippen molar-refractivity contribution in [3.05, 3.63) is 35.6 Å². The van der Waals surface area contributed by atoms with Crippen LogP contribution in [0.5, 0.6) is 0 Å². The maximum absolute atomic E-state index is 12.8. The van der Waals surface area contributed by atoms with Gasteiger partial charge in [-0.2, -0.15) is 5.26 Å². The quantitative estimate of drug-likeness (QED) is 0.658. The summed E-state index contributed by atoms with van der Waals surface area (Å²) in [4.78, 5) is 26.0. The molecule has 1 amide bonds. The predicted molar refractivity (Wildman–Crippen MR) is 78.5 cm³/mol. The third-order valence-electron chi connectivity index (χ3n) is 3.84. The molecule has 1 saturated heterocycles. The van der Waals surface area contributed by atoms with Crippen molar-refractivity contribution in [3.8, 4) is 6.07 Å². The monoisotopic (exact) mass is 303 g/mol. The average Bonchev–Trinajstić information content (AvgIpc) is 2.54. The van der Waals surface area contributed by atoms with Crippen molar-refractivity contribution in [1.82, 2.24) is 10.2 Å². The van der Waals surface area contributed by atoms with Crippen molar-refractivity contribution >= 4 is 11.7 Å². The van der Waals surface area contributed by atoms with Crippen LogP contribution in [0.2, 0.25) is 0 Å². The lowest BCUT2D eigenvalue weighted by Crippen LogP contribution is -2.41. The Balaban J connectivity index is 1.77. The molecular formula is C16H18FN3O2. The van der Waals surface area contributed by atoms with Gasteiger partial charge in [0.25, 0.3) is 0 Å². The van der Waals surface area contributed by atoms with Gasteiger partial charge in [-0.15, -0.1) is 0 Å². The summed E-state index contributed by atoms with van der Waals surface area (Å²) in [6.07, 6.45) is 1.39. The van der Waals surface area contributed by atoms with E-state index in [9.17, 15) is 14.0 Å². The first-order valence-corrected chi connectivity index (χ1v) is 7.26. The minimum atomic E-state index is -0.398. The molecule has 0 bridgehead atoms. The Labute approximate surface area is 128 Å². The molecule has 116 valence electrons. The molecule has 1 aliphatic rings. The highest BCUT2D eigenvalue weighted by Gasteiger charge is 2.24. The van der Waals surface area contributed by atoms with Crippen molar-refractivity contribution in [2.45, 2.75) is 12.8 Å². The van der Waals surface area contributed by atoms with Crippen molar-refractivity contribution in [2.24, 2.45) is 5.92 Å². The highest BCUT2D eigenvalue weighted by Crippen LogP contribution is 2.16. The lowest BCUT2D eigenvalue weighted by molar-refractivity contribution is -0.126. The highest BCUT2D eigenvalue weighted by molar-refractivity contribution is 5.99. The Morgan fingerprint density at radius 3 is 2.50 bits per heavy atom. The van der Waals surface area contributed by atoms with Gasteiger partial charge in [-0.25, -0.2) is 4.39 Å². The molecule has 6 heteroatoms. The molecular weight excluding hydrogens is 285 g/mol. The smallest absolute Gasteiger partial charge is 0.223 e. The average molecular weight is 303 g/mol. The number of Topliss-reactive ketones (excluding diaryl/α,β-unsaturated/α-hetero) is 1. The maximum Gasteiger partial charge on any atom is 0.223 e. The topological polar surface area (TPSA) is 73.2 Å². The number of carbonyl (C=O) groups excluding carboxylic acids is 2. The summed E-state index contributed by atoms with van der Waals surface area (Å²) >= 11 is 0. The van der Waals surface area contributed by atoms with E-state index in [1.165, 1.54) is 24.3 Å². The number of nitrogens with one attached hydrogen (secondary N) is 1. The van der Waals surface area contributed by atoms with Gasteiger partial charge in [0.2, 0.25) is 5.91 Å². The molecule has 1 aliphatic heterocycles. The van der Waals surface area contributed by atoms with E-state index in [4.69, 9.17) is 5.26 Å². The SMILES string of the molecule is N#CCN1CCC(C(=O)NCC(=O)c2ccc(F)cc2)CC1. The Bertz CT molecular complexity index is 572. The summed E-state index contributed by atoms with van der Waals surface area (Å²) in [5.74, 6) is -0.886. The standard InChI is InChI=1S/C16H18FN3O2/c17-14-3-1-12(2-4-14)15(21)11-19-16(22)13-5-8-20(9-6-13)10-7-18/h1-4,13H,5-6,8-11H2,(H,19,22). The molecule has 2 rings (SSSR count). The number of likely N-dealkylation sites (tertiary alicyclic amines) is 1. The van der Waals surface area contributed by atoms with Crippen molar-refractivity contribution in [1.29, 1.82) is 5.26 Å². The van der Waals surface area contributed by atoms with Crippen molar-refractivity contribution < 1.29 is 14.0 Å². The van der Waals surface area contributed by atoms with Crippen LogP contribution in [0, 0.1) is 23.1 Å². The van der Waals surface area contributed by atoms with Crippen LogP contribution in [0.25, 0.3) is 0 Å². The van der Waals surface area contributed by atoms with E-state index in [2.05, 4.69) is 11.4 Å². The van der Waals surface area contributed by atoms with Gasteiger partial charge >= 0.3 is 0 Å². The van der Waals surface area contributed by atoms with Gasteiger partial charge in [-0.1, -0.05) is 0 Å². The zero-order chi connectivity index (χ0) is 15.9. The minimum absolute atomic E-state index is 0.0805. The fourth-order valence-electron chi connectivity index (χ4n) is 2.50. The van der Waals surface area contributed by atoms with Gasteiger partial charge in [0.15, 0.2) is 5.78 Å². The van der Waals surface area contributed by atoms with E-state index in [1.54, 1.807) is 0 Å². The van der Waals surface area contributed by atoms with Gasteiger partial charge < -0.3 is 5.32 Å². The Morgan fingerprint density at radius 2 is 1.91 bits per heavy atom. The molecule has 1 aromatic carbocycles. The number of benzene rings is 1. The predicted octanol–water partition coefficient (Wildman–Crippen LogP) is 1.36. The molecule has 0 saturated carbocycles. The number of carbonyl (C=O) groups is 2. The largest absolute Gasteiger partial charge is 0.348 e. The lowest BCUT2D eigenvalue weighted by atomic mass is 9.96. The van der Waals surface area contributed by atoms with Gasteiger partial charge in [0, 0.05) is 11.5 Å². The number of halogens is 1. The molecule has 1 N–H and O–H groups in total. The van der Waals surface area contributed by atoms with Crippen LogP contribution in [0.4, 0.5) is 4.39 Å². The number of nitrogens with zero attached hydrogens (tertiary/aromatic N) is 2. The third kappa shape index (κ3) is 4.37. The summed E-state index contributed by atoms with van der Waals surface area (Å²) in [5, 5.41) is 11.3. The first-order valence-electron chi connectivity index (χ1n) is 7.26. The minimum Gasteiger partial charge on any atom is -0.348 e. The number of amides is 1. The van der Waals surface area contributed by atoms with E-state index in [1.807, 2.05) is 4.90 Å². The molecule has 1 aromatic rings. The van der Waals surface area contributed by atoms with E-state index in [0.717, 1.165) is 13.1 Å². The molecule has 22 heavy (non-hydrogen) atoms. The van der Waals surface area contributed by atoms with Crippen LogP contribution < -0.4 is 5.32 Å². The maximum atomic E-state index is 12.8.